The van der Waals surface area contributed by atoms with Crippen molar-refractivity contribution < 1.29 is 14.7 Å². The third-order valence-electron chi connectivity index (χ3n) is 3.52. The molecule has 2 atom stereocenters. The van der Waals surface area contributed by atoms with Gasteiger partial charge in [-0.25, -0.2) is 0 Å². The number of β-amino-alcohol motifs (C(OH)–C–C–N with tert-alkyl or cyclic N) is 1. The normalized spacial score (nSPS) is 22.4. The molecule has 0 aliphatic carbocycles. The molecule has 0 bridgehead atoms. The van der Waals surface area contributed by atoms with Crippen molar-refractivity contribution >= 4 is 33.4 Å². The summed E-state index contributed by atoms with van der Waals surface area (Å²) in [6.45, 7) is 2.65. The Bertz CT molecular complexity index is 521. The van der Waals surface area contributed by atoms with Crippen LogP contribution in [0.3, 0.4) is 0 Å². The maximum atomic E-state index is 12.1. The highest BCUT2D eigenvalue weighted by atomic mass is 79.9. The van der Waals surface area contributed by atoms with Crippen molar-refractivity contribution in [3.05, 3.63) is 28.7 Å². The van der Waals surface area contributed by atoms with Crippen LogP contribution in [0.15, 0.2) is 28.7 Å². The molecular weight excluding hydrogens is 324 g/mol. The van der Waals surface area contributed by atoms with Crippen molar-refractivity contribution in [2.45, 2.75) is 19.4 Å². The molecule has 108 valence electrons. The molecule has 2 rings (SSSR count). The van der Waals surface area contributed by atoms with Gasteiger partial charge in [-0.1, -0.05) is 19.1 Å². The number of aliphatic hydroxyl groups excluding tert-OH is 1. The van der Waals surface area contributed by atoms with E-state index in [2.05, 4.69) is 21.2 Å². The number of para-hydroxylation sites is 1. The maximum absolute atomic E-state index is 12.1. The van der Waals surface area contributed by atoms with Crippen molar-refractivity contribution in [2.75, 3.05) is 18.4 Å². The van der Waals surface area contributed by atoms with Crippen molar-refractivity contribution in [3.8, 4) is 0 Å². The van der Waals surface area contributed by atoms with Crippen LogP contribution in [0.2, 0.25) is 0 Å². The second kappa shape index (κ2) is 6.37. The zero-order valence-electron chi connectivity index (χ0n) is 11.2. The summed E-state index contributed by atoms with van der Waals surface area (Å²) in [5.74, 6) is -1.13. The lowest BCUT2D eigenvalue weighted by molar-refractivity contribution is -0.146. The number of aliphatic hydroxyl groups is 1. The number of likely N-dealkylation sites (tertiary alicyclic amines) is 1. The number of benzene rings is 1. The van der Waals surface area contributed by atoms with Crippen molar-refractivity contribution in [1.82, 2.24) is 4.90 Å². The molecule has 0 radical (unpaired) electrons. The first kappa shape index (κ1) is 15.0. The Morgan fingerprint density at radius 3 is 2.75 bits per heavy atom. The lowest BCUT2D eigenvalue weighted by Gasteiger charge is -2.33. The van der Waals surface area contributed by atoms with E-state index < -0.39 is 17.9 Å². The van der Waals surface area contributed by atoms with Gasteiger partial charge in [0.1, 0.15) is 0 Å². The number of nitrogens with one attached hydrogen (secondary N) is 1. The molecule has 1 aromatic carbocycles. The molecule has 1 fully saturated rings. The van der Waals surface area contributed by atoms with Gasteiger partial charge in [0.25, 0.3) is 0 Å². The van der Waals surface area contributed by atoms with Crippen LogP contribution in [-0.2, 0) is 9.59 Å². The fourth-order valence-corrected chi connectivity index (χ4v) is 2.50. The van der Waals surface area contributed by atoms with E-state index in [0.29, 0.717) is 23.1 Å². The molecule has 1 aliphatic heterocycles. The van der Waals surface area contributed by atoms with Gasteiger partial charge in [-0.2, -0.15) is 0 Å². The fourth-order valence-electron chi connectivity index (χ4n) is 2.12. The number of rotatable bonds is 1. The van der Waals surface area contributed by atoms with Crippen LogP contribution in [0.5, 0.6) is 0 Å². The number of amides is 2. The molecule has 0 spiro atoms. The third kappa shape index (κ3) is 3.37. The number of nitrogens with zero attached hydrogens (tertiary/aromatic N) is 1. The molecule has 20 heavy (non-hydrogen) atoms. The van der Waals surface area contributed by atoms with E-state index in [9.17, 15) is 14.7 Å². The molecular formula is C14H17BrN2O3. The van der Waals surface area contributed by atoms with E-state index in [4.69, 9.17) is 0 Å². The minimum absolute atomic E-state index is 0.158. The van der Waals surface area contributed by atoms with E-state index >= 15 is 0 Å². The highest BCUT2D eigenvalue weighted by Crippen LogP contribution is 2.22. The summed E-state index contributed by atoms with van der Waals surface area (Å²) >= 11 is 3.31. The zero-order valence-corrected chi connectivity index (χ0v) is 12.8. The van der Waals surface area contributed by atoms with Gasteiger partial charge in [0, 0.05) is 17.6 Å². The number of carbonyl (C=O) groups excluding carboxylic acids is 2. The quantitative estimate of drug-likeness (QED) is 0.763. The van der Waals surface area contributed by atoms with Gasteiger partial charge in [-0.3, -0.25) is 9.59 Å². The molecule has 1 aliphatic rings. The first-order valence-electron chi connectivity index (χ1n) is 6.52. The molecule has 2 N–H and O–H groups in total. The Kier molecular flexibility index (Phi) is 4.77. The van der Waals surface area contributed by atoms with Crippen LogP contribution >= 0.6 is 15.9 Å². The molecule has 6 heteroatoms. The fraction of sp³-hybridized carbons (Fsp3) is 0.429. The topological polar surface area (TPSA) is 69.6 Å². The lowest BCUT2D eigenvalue weighted by Crippen LogP contribution is -2.49. The molecule has 2 unspecified atom stereocenters. The Hall–Kier alpha value is -1.40. The number of halogens is 1. The van der Waals surface area contributed by atoms with Gasteiger partial charge in [0.15, 0.2) is 0 Å². The predicted molar refractivity (Wildman–Crippen MR) is 79.1 cm³/mol. The van der Waals surface area contributed by atoms with Gasteiger partial charge in [0.2, 0.25) is 0 Å². The average Bonchev–Trinajstić information content (AvgIpc) is 2.43. The first-order valence-corrected chi connectivity index (χ1v) is 7.31. The van der Waals surface area contributed by atoms with E-state index in [1.807, 2.05) is 13.0 Å². The van der Waals surface area contributed by atoms with Gasteiger partial charge in [0.05, 0.1) is 11.8 Å². The molecule has 5 nitrogen and oxygen atoms in total. The second-order valence-electron chi connectivity index (χ2n) is 5.02. The Balaban J connectivity index is 1.99. The molecule has 1 heterocycles. The van der Waals surface area contributed by atoms with E-state index in [1.165, 1.54) is 4.90 Å². The number of carbonyl (C=O) groups is 2. The monoisotopic (exact) mass is 340 g/mol. The standard InChI is InChI=1S/C14H17BrN2O3/c1-9-6-7-17(8-12(9)18)14(20)13(19)16-11-5-3-2-4-10(11)15/h2-5,9,12,18H,6-8H2,1H3,(H,16,19). The van der Waals surface area contributed by atoms with Crippen molar-refractivity contribution in [1.29, 1.82) is 0 Å². The second-order valence-corrected chi connectivity index (χ2v) is 5.87. The smallest absolute Gasteiger partial charge is 0.313 e. The van der Waals surface area contributed by atoms with Gasteiger partial charge >= 0.3 is 11.8 Å². The third-order valence-corrected chi connectivity index (χ3v) is 4.21. The van der Waals surface area contributed by atoms with Crippen LogP contribution in [0.25, 0.3) is 0 Å². The number of hydrogen-bond donors (Lipinski definition) is 2. The summed E-state index contributed by atoms with van der Waals surface area (Å²) in [5, 5.41) is 12.4. The molecule has 1 saturated heterocycles. The minimum atomic E-state index is -0.682. The highest BCUT2D eigenvalue weighted by molar-refractivity contribution is 9.10. The Labute approximate surface area is 126 Å². The van der Waals surface area contributed by atoms with Crippen LogP contribution in [0.4, 0.5) is 5.69 Å². The minimum Gasteiger partial charge on any atom is -0.391 e. The first-order chi connectivity index (χ1) is 9.49. The van der Waals surface area contributed by atoms with Crippen LogP contribution < -0.4 is 5.32 Å². The highest BCUT2D eigenvalue weighted by Gasteiger charge is 2.30. The van der Waals surface area contributed by atoms with Crippen LogP contribution in [0, 0.1) is 5.92 Å². The summed E-state index contributed by atoms with van der Waals surface area (Å²) in [7, 11) is 0. The summed E-state index contributed by atoms with van der Waals surface area (Å²) < 4.78 is 0.716. The molecule has 0 aromatic heterocycles. The summed E-state index contributed by atoms with van der Waals surface area (Å²) in [6.07, 6.45) is 0.138. The van der Waals surface area contributed by atoms with Crippen LogP contribution in [0.1, 0.15) is 13.3 Å². The SMILES string of the molecule is CC1CCN(C(=O)C(=O)Nc2ccccc2Br)CC1O. The Morgan fingerprint density at radius 2 is 2.10 bits per heavy atom. The molecule has 0 saturated carbocycles. The summed E-state index contributed by atoms with van der Waals surface area (Å²) in [4.78, 5) is 25.4. The largest absolute Gasteiger partial charge is 0.391 e. The van der Waals surface area contributed by atoms with Gasteiger partial charge < -0.3 is 15.3 Å². The Morgan fingerprint density at radius 1 is 1.40 bits per heavy atom. The van der Waals surface area contributed by atoms with E-state index in [1.54, 1.807) is 18.2 Å². The molecule has 2 amide bonds. The number of piperidine rings is 1. The molecule has 1 aromatic rings. The van der Waals surface area contributed by atoms with Crippen molar-refractivity contribution in [2.24, 2.45) is 5.92 Å². The predicted octanol–water partition coefficient (Wildman–Crippen LogP) is 1.62. The van der Waals surface area contributed by atoms with E-state index in [0.717, 1.165) is 0 Å². The lowest BCUT2D eigenvalue weighted by atomic mass is 9.96. The van der Waals surface area contributed by atoms with Gasteiger partial charge in [-0.05, 0) is 40.4 Å². The van der Waals surface area contributed by atoms with Crippen LogP contribution in [-0.4, -0.2) is 41.0 Å². The average molecular weight is 341 g/mol. The van der Waals surface area contributed by atoms with Gasteiger partial charge in [-0.15, -0.1) is 0 Å². The maximum Gasteiger partial charge on any atom is 0.313 e. The number of anilines is 1. The number of hydrogen-bond acceptors (Lipinski definition) is 3. The van der Waals surface area contributed by atoms with E-state index in [-0.39, 0.29) is 12.5 Å². The summed E-state index contributed by atoms with van der Waals surface area (Å²) in [6, 6.07) is 7.09. The zero-order chi connectivity index (χ0) is 14.7. The van der Waals surface area contributed by atoms with Crippen molar-refractivity contribution in [3.63, 3.8) is 0 Å². The summed E-state index contributed by atoms with van der Waals surface area (Å²) in [5.41, 5.74) is 0.553.